The van der Waals surface area contributed by atoms with Gasteiger partial charge in [0.15, 0.2) is 0 Å². The Bertz CT molecular complexity index is 787. The van der Waals surface area contributed by atoms with Crippen molar-refractivity contribution in [3.8, 4) is 0 Å². The summed E-state index contributed by atoms with van der Waals surface area (Å²) in [5.41, 5.74) is 4.04. The number of hydrogen-bond donors (Lipinski definition) is 2. The van der Waals surface area contributed by atoms with Crippen LogP contribution in [0.15, 0.2) is 54.7 Å². The van der Waals surface area contributed by atoms with Crippen LogP contribution in [0, 0.1) is 6.92 Å². The molecule has 3 heteroatoms. The molecule has 0 aliphatic heterocycles. The molecule has 0 bridgehead atoms. The maximum Gasteiger partial charge on any atom is 0.253 e. The fourth-order valence-corrected chi connectivity index (χ4v) is 2.72. The number of aromatic amines is 1. The van der Waals surface area contributed by atoms with Gasteiger partial charge in [0.25, 0.3) is 5.91 Å². The average molecular weight is 292 g/mol. The zero-order chi connectivity index (χ0) is 15.5. The van der Waals surface area contributed by atoms with E-state index in [1.54, 1.807) is 6.20 Å². The third kappa shape index (κ3) is 2.75. The number of carbonyl (C=O) groups excluding carboxylic acids is 1. The van der Waals surface area contributed by atoms with Crippen LogP contribution in [-0.4, -0.2) is 10.9 Å². The minimum absolute atomic E-state index is 0.0294. The molecule has 0 unspecified atom stereocenters. The molecule has 0 fully saturated rings. The monoisotopic (exact) mass is 292 g/mol. The van der Waals surface area contributed by atoms with Crippen molar-refractivity contribution >= 4 is 16.8 Å². The number of fused-ring (bicyclic) bond motifs is 1. The zero-order valence-electron chi connectivity index (χ0n) is 12.9. The second-order valence-corrected chi connectivity index (χ2v) is 5.59. The number of aromatic nitrogens is 1. The van der Waals surface area contributed by atoms with Gasteiger partial charge < -0.3 is 10.3 Å². The molecule has 1 aromatic heterocycles. The van der Waals surface area contributed by atoms with Crippen molar-refractivity contribution in [1.82, 2.24) is 10.3 Å². The molecule has 0 aliphatic rings. The number of carbonyl (C=O) groups is 1. The van der Waals surface area contributed by atoms with E-state index in [-0.39, 0.29) is 11.9 Å². The van der Waals surface area contributed by atoms with Crippen LogP contribution in [0.1, 0.15) is 40.9 Å². The number of amides is 1. The van der Waals surface area contributed by atoms with Gasteiger partial charge in [-0.3, -0.25) is 4.79 Å². The number of rotatable bonds is 4. The summed E-state index contributed by atoms with van der Waals surface area (Å²) in [4.78, 5) is 15.7. The molecule has 2 N–H and O–H groups in total. The van der Waals surface area contributed by atoms with E-state index in [0.717, 1.165) is 22.9 Å². The predicted molar refractivity (Wildman–Crippen MR) is 90.0 cm³/mol. The van der Waals surface area contributed by atoms with Gasteiger partial charge in [0.05, 0.1) is 11.6 Å². The van der Waals surface area contributed by atoms with Crippen molar-refractivity contribution in [2.75, 3.05) is 0 Å². The summed E-state index contributed by atoms with van der Waals surface area (Å²) in [6, 6.07) is 16.2. The molecule has 3 aromatic rings. The first-order chi connectivity index (χ1) is 10.7. The second-order valence-electron chi connectivity index (χ2n) is 5.59. The first kappa shape index (κ1) is 14.4. The number of hydrogen-bond acceptors (Lipinski definition) is 1. The maximum atomic E-state index is 12.6. The molecule has 0 aliphatic carbocycles. The Hall–Kier alpha value is -2.55. The SMILES string of the molecule is CC[C@@H](NC(=O)c1c[nH]c2ccccc12)c1ccc(C)cc1. The Morgan fingerprint density at radius 2 is 1.86 bits per heavy atom. The van der Waals surface area contributed by atoms with Crippen LogP contribution in [0.2, 0.25) is 0 Å². The van der Waals surface area contributed by atoms with Crippen LogP contribution in [0.25, 0.3) is 10.9 Å². The second kappa shape index (κ2) is 6.06. The van der Waals surface area contributed by atoms with E-state index in [2.05, 4.69) is 48.4 Å². The summed E-state index contributed by atoms with van der Waals surface area (Å²) in [5, 5.41) is 4.10. The van der Waals surface area contributed by atoms with E-state index >= 15 is 0 Å². The van der Waals surface area contributed by atoms with E-state index in [0.29, 0.717) is 5.56 Å². The molecule has 3 nitrogen and oxygen atoms in total. The predicted octanol–water partition coefficient (Wildman–Crippen LogP) is 4.36. The van der Waals surface area contributed by atoms with Crippen LogP contribution in [0.3, 0.4) is 0 Å². The molecule has 1 atom stereocenters. The van der Waals surface area contributed by atoms with Crippen LogP contribution in [-0.2, 0) is 0 Å². The molecule has 0 spiro atoms. The molecule has 0 saturated heterocycles. The lowest BCUT2D eigenvalue weighted by molar-refractivity contribution is 0.0937. The van der Waals surface area contributed by atoms with Crippen LogP contribution in [0.5, 0.6) is 0 Å². The number of benzene rings is 2. The standard InChI is InChI=1S/C19H20N2O/c1-3-17(14-10-8-13(2)9-11-14)21-19(22)16-12-20-18-7-5-4-6-15(16)18/h4-12,17,20H,3H2,1-2H3,(H,21,22)/t17-/m1/s1. The summed E-state index contributed by atoms with van der Waals surface area (Å²) >= 11 is 0. The quantitative estimate of drug-likeness (QED) is 0.737. The fourth-order valence-electron chi connectivity index (χ4n) is 2.72. The Kier molecular flexibility index (Phi) is 3.96. The number of aryl methyl sites for hydroxylation is 1. The van der Waals surface area contributed by atoms with E-state index in [4.69, 9.17) is 0 Å². The van der Waals surface area contributed by atoms with Gasteiger partial charge in [-0.15, -0.1) is 0 Å². The summed E-state index contributed by atoms with van der Waals surface area (Å²) in [6.07, 6.45) is 2.64. The molecule has 0 radical (unpaired) electrons. The molecule has 112 valence electrons. The molecule has 0 saturated carbocycles. The highest BCUT2D eigenvalue weighted by Crippen LogP contribution is 2.21. The Labute approximate surface area is 130 Å². The van der Waals surface area contributed by atoms with Crippen molar-refractivity contribution in [1.29, 1.82) is 0 Å². The van der Waals surface area contributed by atoms with Crippen molar-refractivity contribution in [3.05, 3.63) is 71.4 Å². The molecular weight excluding hydrogens is 272 g/mol. The van der Waals surface area contributed by atoms with Crippen molar-refractivity contribution in [3.63, 3.8) is 0 Å². The lowest BCUT2D eigenvalue weighted by Gasteiger charge is -2.17. The number of nitrogens with one attached hydrogen (secondary N) is 2. The van der Waals surface area contributed by atoms with Crippen molar-refractivity contribution < 1.29 is 4.79 Å². The molecular formula is C19H20N2O. The molecule has 22 heavy (non-hydrogen) atoms. The van der Waals surface area contributed by atoms with E-state index < -0.39 is 0 Å². The van der Waals surface area contributed by atoms with Gasteiger partial charge in [-0.05, 0) is 25.0 Å². The highest BCUT2D eigenvalue weighted by Gasteiger charge is 2.16. The Morgan fingerprint density at radius 3 is 2.59 bits per heavy atom. The largest absolute Gasteiger partial charge is 0.360 e. The number of para-hydroxylation sites is 1. The van der Waals surface area contributed by atoms with Gasteiger partial charge in [-0.1, -0.05) is 55.0 Å². The number of H-pyrrole nitrogens is 1. The van der Waals surface area contributed by atoms with Crippen LogP contribution >= 0.6 is 0 Å². The first-order valence-corrected chi connectivity index (χ1v) is 7.62. The Morgan fingerprint density at radius 1 is 1.14 bits per heavy atom. The van der Waals surface area contributed by atoms with Crippen LogP contribution in [0.4, 0.5) is 0 Å². The lowest BCUT2D eigenvalue weighted by atomic mass is 10.0. The van der Waals surface area contributed by atoms with Gasteiger partial charge in [0, 0.05) is 17.1 Å². The highest BCUT2D eigenvalue weighted by molar-refractivity contribution is 6.06. The van der Waals surface area contributed by atoms with Gasteiger partial charge in [-0.2, -0.15) is 0 Å². The molecule has 3 rings (SSSR count). The topological polar surface area (TPSA) is 44.9 Å². The van der Waals surface area contributed by atoms with Gasteiger partial charge in [0.1, 0.15) is 0 Å². The third-order valence-electron chi connectivity index (χ3n) is 4.03. The normalized spacial score (nSPS) is 12.3. The van der Waals surface area contributed by atoms with Crippen LogP contribution < -0.4 is 5.32 Å². The molecule has 2 aromatic carbocycles. The van der Waals surface area contributed by atoms with Crippen molar-refractivity contribution in [2.45, 2.75) is 26.3 Å². The van der Waals surface area contributed by atoms with Crippen molar-refractivity contribution in [2.24, 2.45) is 0 Å². The highest BCUT2D eigenvalue weighted by atomic mass is 16.1. The maximum absolute atomic E-state index is 12.6. The first-order valence-electron chi connectivity index (χ1n) is 7.62. The molecule has 1 heterocycles. The molecule has 1 amide bonds. The average Bonchev–Trinajstić information content (AvgIpc) is 2.97. The lowest BCUT2D eigenvalue weighted by Crippen LogP contribution is -2.28. The minimum atomic E-state index is -0.0372. The fraction of sp³-hybridized carbons (Fsp3) is 0.211. The van der Waals surface area contributed by atoms with E-state index in [1.807, 2.05) is 24.3 Å². The van der Waals surface area contributed by atoms with Gasteiger partial charge in [-0.25, -0.2) is 0 Å². The van der Waals surface area contributed by atoms with E-state index in [9.17, 15) is 4.79 Å². The third-order valence-corrected chi connectivity index (χ3v) is 4.03. The minimum Gasteiger partial charge on any atom is -0.360 e. The zero-order valence-corrected chi connectivity index (χ0v) is 12.9. The summed E-state index contributed by atoms with van der Waals surface area (Å²) in [6.45, 7) is 4.15. The smallest absolute Gasteiger partial charge is 0.253 e. The summed E-state index contributed by atoms with van der Waals surface area (Å²) < 4.78 is 0. The van der Waals surface area contributed by atoms with Gasteiger partial charge in [0.2, 0.25) is 0 Å². The summed E-state index contributed by atoms with van der Waals surface area (Å²) in [7, 11) is 0. The summed E-state index contributed by atoms with van der Waals surface area (Å²) in [5.74, 6) is -0.0372. The van der Waals surface area contributed by atoms with E-state index in [1.165, 1.54) is 5.56 Å². The Balaban J connectivity index is 1.84. The van der Waals surface area contributed by atoms with Gasteiger partial charge >= 0.3 is 0 Å².